The summed E-state index contributed by atoms with van der Waals surface area (Å²) in [6.07, 6.45) is 2.48. The highest BCUT2D eigenvalue weighted by molar-refractivity contribution is 8.15. The summed E-state index contributed by atoms with van der Waals surface area (Å²) in [6.45, 7) is 0.284. The van der Waals surface area contributed by atoms with Gasteiger partial charge in [0, 0.05) is 23.9 Å². The van der Waals surface area contributed by atoms with E-state index in [-0.39, 0.29) is 6.61 Å². The second kappa shape index (κ2) is 10.3. The quantitative estimate of drug-likeness (QED) is 0.360. The molecule has 0 aromatic carbocycles. The third-order valence-electron chi connectivity index (χ3n) is 0.993. The van der Waals surface area contributed by atoms with Gasteiger partial charge in [-0.1, -0.05) is 0 Å². The predicted octanol–water partition coefficient (Wildman–Crippen LogP) is 1.38. The lowest BCUT2D eigenvalue weighted by atomic mass is 10.5. The van der Waals surface area contributed by atoms with Crippen LogP contribution in [0.5, 0.6) is 0 Å². The molecule has 0 rings (SSSR count). The first-order chi connectivity index (χ1) is 5.41. The number of hydrogen-bond donors (Lipinski definition) is 1. The molecule has 0 radical (unpaired) electrons. The first-order valence-corrected chi connectivity index (χ1v) is 5.92. The fourth-order valence-corrected chi connectivity index (χ4v) is 2.49. The van der Waals surface area contributed by atoms with Crippen molar-refractivity contribution in [2.24, 2.45) is 0 Å². The summed E-state index contributed by atoms with van der Waals surface area (Å²) in [4.78, 5) is 9.89. The van der Waals surface area contributed by atoms with Crippen molar-refractivity contribution in [2.45, 2.75) is 12.8 Å². The molecule has 1 N–H and O–H groups in total. The van der Waals surface area contributed by atoms with Crippen LogP contribution >= 0.6 is 23.5 Å². The van der Waals surface area contributed by atoms with Gasteiger partial charge in [-0.15, -0.1) is 0 Å². The molecule has 0 bridgehead atoms. The maximum atomic E-state index is 9.89. The molecule has 0 fully saturated rings. The summed E-state index contributed by atoms with van der Waals surface area (Å²) in [5.41, 5.74) is 0. The normalized spacial score (nSPS) is 9.91. The molecule has 0 atom stereocenters. The molecular weight excluding hydrogens is 180 g/mol. The second-order valence-electron chi connectivity index (χ2n) is 1.97. The molecule has 0 spiro atoms. The van der Waals surface area contributed by atoms with Gasteiger partial charge in [-0.2, -0.15) is 23.5 Å². The Morgan fingerprint density at radius 1 is 1.27 bits per heavy atom. The van der Waals surface area contributed by atoms with Crippen molar-refractivity contribution >= 4 is 29.8 Å². The van der Waals surface area contributed by atoms with E-state index in [9.17, 15) is 4.79 Å². The van der Waals surface area contributed by atoms with Crippen molar-refractivity contribution in [1.29, 1.82) is 0 Å². The topological polar surface area (TPSA) is 37.3 Å². The first kappa shape index (κ1) is 11.3. The van der Waals surface area contributed by atoms with Crippen LogP contribution in [0.2, 0.25) is 0 Å². The third kappa shape index (κ3) is 10.3. The van der Waals surface area contributed by atoms with Crippen LogP contribution < -0.4 is 0 Å². The van der Waals surface area contributed by atoms with Crippen molar-refractivity contribution in [2.75, 3.05) is 23.2 Å². The fourth-order valence-electron chi connectivity index (χ4n) is 0.475. The lowest BCUT2D eigenvalue weighted by molar-refractivity contribution is -0.107. The number of carbonyl (C=O) groups excluding carboxylic acids is 1. The van der Waals surface area contributed by atoms with Gasteiger partial charge in [0.1, 0.15) is 6.29 Å². The maximum Gasteiger partial charge on any atom is 0.120 e. The summed E-state index contributed by atoms with van der Waals surface area (Å²) in [7, 11) is 0. The van der Waals surface area contributed by atoms with Gasteiger partial charge in [-0.3, -0.25) is 0 Å². The average Bonchev–Trinajstić information content (AvgIpc) is 2.03. The largest absolute Gasteiger partial charge is 0.396 e. The highest BCUT2D eigenvalue weighted by atomic mass is 32.2. The summed E-state index contributed by atoms with van der Waals surface area (Å²) in [5, 5.41) is 9.48. The minimum Gasteiger partial charge on any atom is -0.396 e. The van der Waals surface area contributed by atoms with Crippen molar-refractivity contribution in [1.82, 2.24) is 0 Å². The molecule has 0 aliphatic heterocycles. The van der Waals surface area contributed by atoms with Crippen LogP contribution in [0.15, 0.2) is 0 Å². The number of aliphatic hydroxyl groups excluding tert-OH is 1. The fraction of sp³-hybridized carbons (Fsp3) is 0.857. The molecule has 66 valence electrons. The molecular formula is C7H14O2S2. The summed E-state index contributed by atoms with van der Waals surface area (Å²) in [5.74, 6) is 1.94. The molecule has 0 aromatic rings. The molecule has 0 aliphatic carbocycles. The van der Waals surface area contributed by atoms with Crippen LogP contribution in [-0.2, 0) is 4.79 Å². The second-order valence-corrected chi connectivity index (χ2v) is 4.54. The Labute approximate surface area is 76.1 Å². The highest BCUT2D eigenvalue weighted by Crippen LogP contribution is 2.12. The van der Waals surface area contributed by atoms with E-state index in [1.54, 1.807) is 11.8 Å². The standard InChI is InChI=1S/C7H14O2S2/c8-3-1-5-10-7-11-6-2-4-9/h3,9H,1-2,4-7H2. The van der Waals surface area contributed by atoms with Gasteiger partial charge in [0.2, 0.25) is 0 Å². The number of aliphatic hydroxyl groups is 1. The summed E-state index contributed by atoms with van der Waals surface area (Å²) < 4.78 is 0. The van der Waals surface area contributed by atoms with E-state index in [1.165, 1.54) is 0 Å². The molecule has 4 heteroatoms. The van der Waals surface area contributed by atoms with E-state index in [0.717, 1.165) is 29.3 Å². The van der Waals surface area contributed by atoms with E-state index in [2.05, 4.69) is 0 Å². The monoisotopic (exact) mass is 194 g/mol. The van der Waals surface area contributed by atoms with Crippen LogP contribution in [0.1, 0.15) is 12.8 Å². The summed E-state index contributed by atoms with van der Waals surface area (Å²) in [6, 6.07) is 0. The minimum absolute atomic E-state index is 0.284. The molecule has 2 nitrogen and oxygen atoms in total. The number of carbonyl (C=O) groups is 1. The maximum absolute atomic E-state index is 9.89. The van der Waals surface area contributed by atoms with Gasteiger partial charge in [0.25, 0.3) is 0 Å². The Balaban J connectivity index is 2.74. The predicted molar refractivity (Wildman–Crippen MR) is 52.2 cm³/mol. The molecule has 0 saturated carbocycles. The van der Waals surface area contributed by atoms with Crippen LogP contribution in [0, 0.1) is 0 Å². The van der Waals surface area contributed by atoms with Gasteiger partial charge in [-0.25, -0.2) is 0 Å². The Kier molecular flexibility index (Phi) is 10.6. The number of aldehydes is 1. The zero-order valence-corrected chi connectivity index (χ0v) is 8.12. The summed E-state index contributed by atoms with van der Waals surface area (Å²) >= 11 is 3.59. The molecule has 0 aliphatic rings. The SMILES string of the molecule is O=CCCSCSCCCO. The molecule has 0 saturated heterocycles. The van der Waals surface area contributed by atoms with Crippen molar-refractivity contribution in [3.05, 3.63) is 0 Å². The van der Waals surface area contributed by atoms with Crippen LogP contribution in [0.25, 0.3) is 0 Å². The van der Waals surface area contributed by atoms with Crippen molar-refractivity contribution in [3.63, 3.8) is 0 Å². The number of hydrogen-bond acceptors (Lipinski definition) is 4. The first-order valence-electron chi connectivity index (χ1n) is 3.61. The third-order valence-corrected chi connectivity index (χ3v) is 3.43. The van der Waals surface area contributed by atoms with Gasteiger partial charge in [0.05, 0.1) is 0 Å². The van der Waals surface area contributed by atoms with E-state index >= 15 is 0 Å². The lowest BCUT2D eigenvalue weighted by Gasteiger charge is -1.97. The molecule has 0 aromatic heterocycles. The number of rotatable bonds is 8. The smallest absolute Gasteiger partial charge is 0.120 e. The van der Waals surface area contributed by atoms with E-state index in [4.69, 9.17) is 5.11 Å². The zero-order valence-electron chi connectivity index (χ0n) is 6.49. The average molecular weight is 194 g/mol. The molecule has 11 heavy (non-hydrogen) atoms. The Bertz CT molecular complexity index is 88.5. The lowest BCUT2D eigenvalue weighted by Crippen LogP contribution is -1.87. The highest BCUT2D eigenvalue weighted by Gasteiger charge is 1.89. The van der Waals surface area contributed by atoms with E-state index < -0.39 is 0 Å². The minimum atomic E-state index is 0.284. The molecule has 0 amide bonds. The Morgan fingerprint density at radius 2 is 2.00 bits per heavy atom. The van der Waals surface area contributed by atoms with E-state index in [0.29, 0.717) is 6.42 Å². The van der Waals surface area contributed by atoms with Crippen molar-refractivity contribution in [3.8, 4) is 0 Å². The Morgan fingerprint density at radius 3 is 2.64 bits per heavy atom. The Hall–Kier alpha value is 0.330. The zero-order chi connectivity index (χ0) is 8.36. The van der Waals surface area contributed by atoms with Gasteiger partial charge in [-0.05, 0) is 12.2 Å². The van der Waals surface area contributed by atoms with Gasteiger partial charge in [0.15, 0.2) is 0 Å². The van der Waals surface area contributed by atoms with E-state index in [1.807, 2.05) is 11.8 Å². The van der Waals surface area contributed by atoms with Gasteiger partial charge >= 0.3 is 0 Å². The van der Waals surface area contributed by atoms with Crippen LogP contribution in [-0.4, -0.2) is 34.6 Å². The number of thioether (sulfide) groups is 2. The van der Waals surface area contributed by atoms with Crippen molar-refractivity contribution < 1.29 is 9.90 Å². The van der Waals surface area contributed by atoms with Crippen LogP contribution in [0.4, 0.5) is 0 Å². The molecule has 0 unspecified atom stereocenters. The molecule has 0 heterocycles. The van der Waals surface area contributed by atoms with Gasteiger partial charge < -0.3 is 9.90 Å². The van der Waals surface area contributed by atoms with Crippen LogP contribution in [0.3, 0.4) is 0 Å².